The maximum atomic E-state index is 11.3. The summed E-state index contributed by atoms with van der Waals surface area (Å²) in [5.41, 5.74) is 1.38. The number of carbonyl (C=O) groups is 1. The minimum Gasteiger partial charge on any atom is -0.358 e. The third-order valence-electron chi connectivity index (χ3n) is 3.75. The van der Waals surface area contributed by atoms with Gasteiger partial charge in [-0.3, -0.25) is 9.69 Å². The van der Waals surface area contributed by atoms with Gasteiger partial charge in [0.15, 0.2) is 0 Å². The number of rotatable bonds is 5. The normalized spacial score (nSPS) is 17.6. The molecule has 0 saturated carbocycles. The number of thiophene rings is 1. The summed E-state index contributed by atoms with van der Waals surface area (Å²) in [5, 5.41) is 8.47. The van der Waals surface area contributed by atoms with Crippen molar-refractivity contribution in [1.29, 1.82) is 0 Å². The van der Waals surface area contributed by atoms with Crippen molar-refractivity contribution in [2.45, 2.75) is 32.4 Å². The van der Waals surface area contributed by atoms with E-state index < -0.39 is 0 Å². The van der Waals surface area contributed by atoms with Crippen molar-refractivity contribution in [2.75, 3.05) is 26.7 Å². The van der Waals surface area contributed by atoms with Crippen LogP contribution in [0.2, 0.25) is 0 Å². The van der Waals surface area contributed by atoms with E-state index >= 15 is 0 Å². The first-order chi connectivity index (χ1) is 9.19. The molecule has 106 valence electrons. The number of hydrogen-bond acceptors (Lipinski definition) is 4. The van der Waals surface area contributed by atoms with Crippen LogP contribution in [-0.2, 0) is 11.3 Å². The summed E-state index contributed by atoms with van der Waals surface area (Å²) >= 11 is 1.82. The molecule has 1 saturated heterocycles. The molecule has 0 aromatic carbocycles. The van der Waals surface area contributed by atoms with Gasteiger partial charge in [0.2, 0.25) is 5.91 Å². The van der Waals surface area contributed by atoms with Gasteiger partial charge in [-0.25, -0.2) is 0 Å². The molecule has 1 aromatic rings. The number of nitrogens with one attached hydrogen (secondary N) is 2. The summed E-state index contributed by atoms with van der Waals surface area (Å²) in [7, 11) is 1.69. The van der Waals surface area contributed by atoms with E-state index in [1.165, 1.54) is 10.4 Å². The molecule has 1 aliphatic heterocycles. The van der Waals surface area contributed by atoms with Crippen LogP contribution in [0.25, 0.3) is 0 Å². The molecule has 19 heavy (non-hydrogen) atoms. The number of piperidine rings is 1. The third kappa shape index (κ3) is 4.30. The molecule has 0 atom stereocenters. The Bertz CT molecular complexity index is 411. The van der Waals surface area contributed by atoms with E-state index in [2.05, 4.69) is 33.9 Å². The Morgan fingerprint density at radius 2 is 2.21 bits per heavy atom. The second kappa shape index (κ2) is 7.03. The van der Waals surface area contributed by atoms with Gasteiger partial charge >= 0.3 is 0 Å². The molecular weight excluding hydrogens is 258 g/mol. The summed E-state index contributed by atoms with van der Waals surface area (Å²) in [6, 6.07) is 2.76. The highest BCUT2D eigenvalue weighted by Gasteiger charge is 2.20. The van der Waals surface area contributed by atoms with Gasteiger partial charge in [0.1, 0.15) is 0 Å². The maximum Gasteiger partial charge on any atom is 0.233 e. The van der Waals surface area contributed by atoms with Crippen LogP contribution >= 0.6 is 11.3 Å². The maximum absolute atomic E-state index is 11.3. The summed E-state index contributed by atoms with van der Waals surface area (Å²) in [4.78, 5) is 15.0. The zero-order valence-electron chi connectivity index (χ0n) is 11.7. The van der Waals surface area contributed by atoms with Crippen molar-refractivity contribution in [3.63, 3.8) is 0 Å². The minimum absolute atomic E-state index is 0.112. The Morgan fingerprint density at radius 3 is 2.79 bits per heavy atom. The van der Waals surface area contributed by atoms with Crippen LogP contribution in [0.3, 0.4) is 0 Å². The van der Waals surface area contributed by atoms with Crippen molar-refractivity contribution >= 4 is 17.2 Å². The van der Waals surface area contributed by atoms with Crippen LogP contribution in [0.1, 0.15) is 23.3 Å². The second-order valence-electron chi connectivity index (χ2n) is 5.13. The van der Waals surface area contributed by atoms with Crippen LogP contribution in [0.15, 0.2) is 11.4 Å². The molecule has 5 heteroatoms. The van der Waals surface area contributed by atoms with Gasteiger partial charge in [-0.2, -0.15) is 0 Å². The molecule has 1 aromatic heterocycles. The van der Waals surface area contributed by atoms with Crippen LogP contribution < -0.4 is 10.6 Å². The molecule has 4 nitrogen and oxygen atoms in total. The van der Waals surface area contributed by atoms with Crippen LogP contribution in [0.5, 0.6) is 0 Å². The Hall–Kier alpha value is -0.910. The second-order valence-corrected chi connectivity index (χ2v) is 6.13. The van der Waals surface area contributed by atoms with Gasteiger partial charge in [0.05, 0.1) is 6.54 Å². The third-order valence-corrected chi connectivity index (χ3v) is 4.78. The monoisotopic (exact) mass is 281 g/mol. The molecule has 1 aliphatic rings. The Kier molecular flexibility index (Phi) is 5.36. The van der Waals surface area contributed by atoms with Gasteiger partial charge in [-0.05, 0) is 36.8 Å². The lowest BCUT2D eigenvalue weighted by atomic mass is 10.0. The lowest BCUT2D eigenvalue weighted by molar-refractivity contribution is -0.122. The average Bonchev–Trinajstić information content (AvgIpc) is 2.83. The molecule has 1 amide bonds. The van der Waals surface area contributed by atoms with E-state index in [1.54, 1.807) is 7.05 Å². The first-order valence-corrected chi connectivity index (χ1v) is 7.76. The molecule has 0 aliphatic carbocycles. The van der Waals surface area contributed by atoms with Crippen molar-refractivity contribution in [3.8, 4) is 0 Å². The van der Waals surface area contributed by atoms with E-state index in [1.807, 2.05) is 11.3 Å². The number of hydrogen-bond donors (Lipinski definition) is 2. The molecule has 1 fully saturated rings. The molecule has 2 N–H and O–H groups in total. The molecule has 0 radical (unpaired) electrons. The fourth-order valence-corrected chi connectivity index (χ4v) is 3.26. The van der Waals surface area contributed by atoms with E-state index in [0.29, 0.717) is 12.6 Å². The highest BCUT2D eigenvalue weighted by Crippen LogP contribution is 2.16. The number of aryl methyl sites for hydroxylation is 1. The average molecular weight is 281 g/mol. The number of amides is 1. The fraction of sp³-hybridized carbons (Fsp3) is 0.643. The zero-order chi connectivity index (χ0) is 13.7. The number of nitrogens with zero attached hydrogens (tertiary/aromatic N) is 1. The van der Waals surface area contributed by atoms with Crippen LogP contribution in [0, 0.1) is 6.92 Å². The number of likely N-dealkylation sites (N-methyl/N-ethyl adjacent to an activating group) is 1. The Labute approximate surface area is 119 Å². The van der Waals surface area contributed by atoms with E-state index in [9.17, 15) is 4.79 Å². The predicted molar refractivity (Wildman–Crippen MR) is 79.4 cm³/mol. The smallest absolute Gasteiger partial charge is 0.233 e. The van der Waals surface area contributed by atoms with E-state index in [4.69, 9.17) is 0 Å². The lowest BCUT2D eigenvalue weighted by Crippen LogP contribution is -2.45. The number of likely N-dealkylation sites (tertiary alicyclic amines) is 1. The standard InChI is InChI=1S/C14H23N3OS/c1-11-5-8-19-13(11)9-16-12-3-6-17(7-4-12)10-14(18)15-2/h5,8,12,16H,3-4,6-7,9-10H2,1-2H3,(H,15,18). The van der Waals surface area contributed by atoms with Crippen molar-refractivity contribution in [3.05, 3.63) is 21.9 Å². The Morgan fingerprint density at radius 1 is 1.47 bits per heavy atom. The Balaban J connectivity index is 1.69. The minimum atomic E-state index is 0.112. The SMILES string of the molecule is CNC(=O)CN1CCC(NCc2sccc2C)CC1. The van der Waals surface area contributed by atoms with Gasteiger partial charge in [0, 0.05) is 37.6 Å². The molecule has 2 heterocycles. The predicted octanol–water partition coefficient (Wildman–Crippen LogP) is 1.36. The van der Waals surface area contributed by atoms with Crippen LogP contribution in [-0.4, -0.2) is 43.5 Å². The van der Waals surface area contributed by atoms with E-state index in [-0.39, 0.29) is 5.91 Å². The highest BCUT2D eigenvalue weighted by atomic mass is 32.1. The summed E-state index contributed by atoms with van der Waals surface area (Å²) < 4.78 is 0. The van der Waals surface area contributed by atoms with Gasteiger partial charge in [-0.1, -0.05) is 0 Å². The molecular formula is C14H23N3OS. The van der Waals surface area contributed by atoms with Crippen molar-refractivity contribution in [2.24, 2.45) is 0 Å². The molecule has 0 bridgehead atoms. The van der Waals surface area contributed by atoms with Crippen LogP contribution in [0.4, 0.5) is 0 Å². The van der Waals surface area contributed by atoms with Gasteiger partial charge in [-0.15, -0.1) is 11.3 Å². The highest BCUT2D eigenvalue weighted by molar-refractivity contribution is 7.10. The topological polar surface area (TPSA) is 44.4 Å². The van der Waals surface area contributed by atoms with Crippen molar-refractivity contribution in [1.82, 2.24) is 15.5 Å². The lowest BCUT2D eigenvalue weighted by Gasteiger charge is -2.31. The van der Waals surface area contributed by atoms with E-state index in [0.717, 1.165) is 32.5 Å². The first-order valence-electron chi connectivity index (χ1n) is 6.88. The fourth-order valence-electron chi connectivity index (χ4n) is 2.40. The largest absolute Gasteiger partial charge is 0.358 e. The molecule has 0 spiro atoms. The quantitative estimate of drug-likeness (QED) is 0.856. The first kappa shape index (κ1) is 14.5. The van der Waals surface area contributed by atoms with Gasteiger partial charge in [0.25, 0.3) is 0 Å². The summed E-state index contributed by atoms with van der Waals surface area (Å²) in [6.07, 6.45) is 2.25. The summed E-state index contributed by atoms with van der Waals surface area (Å²) in [6.45, 7) is 5.69. The summed E-state index contributed by atoms with van der Waals surface area (Å²) in [5.74, 6) is 0.112. The molecule has 2 rings (SSSR count). The van der Waals surface area contributed by atoms with Gasteiger partial charge < -0.3 is 10.6 Å². The zero-order valence-corrected chi connectivity index (χ0v) is 12.6. The molecule has 0 unspecified atom stereocenters. The number of carbonyl (C=O) groups excluding carboxylic acids is 1. The van der Waals surface area contributed by atoms with Crippen molar-refractivity contribution < 1.29 is 4.79 Å².